The molecule has 1 heterocycles. The van der Waals surface area contributed by atoms with Gasteiger partial charge in [0, 0.05) is 12.6 Å². The van der Waals surface area contributed by atoms with Gasteiger partial charge in [0.2, 0.25) is 11.5 Å². The van der Waals surface area contributed by atoms with Crippen LogP contribution >= 0.6 is 0 Å². The van der Waals surface area contributed by atoms with Crippen LogP contribution in [0.4, 0.5) is 0 Å². The molecule has 0 unspecified atom stereocenters. The highest BCUT2D eigenvalue weighted by atomic mass is 16.2. The summed E-state index contributed by atoms with van der Waals surface area (Å²) in [6.45, 7) is 1.91. The van der Waals surface area contributed by atoms with E-state index in [1.54, 1.807) is 6.92 Å². The van der Waals surface area contributed by atoms with Crippen molar-refractivity contribution in [3.8, 4) is 0 Å². The Labute approximate surface area is 92.1 Å². The van der Waals surface area contributed by atoms with E-state index in [0.29, 0.717) is 6.54 Å². The lowest BCUT2D eigenvalue weighted by Gasteiger charge is -2.18. The number of rotatable bonds is 4. The summed E-state index contributed by atoms with van der Waals surface area (Å²) in [5.74, 6) is -1.01. The average molecular weight is 223 g/mol. The van der Waals surface area contributed by atoms with E-state index in [2.05, 4.69) is 4.98 Å². The zero-order valence-electron chi connectivity index (χ0n) is 8.90. The summed E-state index contributed by atoms with van der Waals surface area (Å²) in [4.78, 5) is 37.2. The van der Waals surface area contributed by atoms with Crippen molar-refractivity contribution in [2.45, 2.75) is 6.92 Å². The van der Waals surface area contributed by atoms with Crippen LogP contribution in [0.5, 0.6) is 0 Å². The van der Waals surface area contributed by atoms with E-state index >= 15 is 0 Å². The molecule has 0 aliphatic rings. The van der Waals surface area contributed by atoms with Crippen molar-refractivity contribution >= 4 is 11.8 Å². The molecule has 3 N–H and O–H groups in total. The maximum absolute atomic E-state index is 11.8. The lowest BCUT2D eigenvalue weighted by atomic mass is 10.3. The average Bonchev–Trinajstić information content (AvgIpc) is 2.24. The molecule has 0 aliphatic carbocycles. The Morgan fingerprint density at radius 2 is 2.12 bits per heavy atom. The molecule has 0 aliphatic heterocycles. The molecule has 6 nitrogen and oxygen atoms in total. The zero-order chi connectivity index (χ0) is 12.1. The Hall–Kier alpha value is -2.11. The number of pyridine rings is 1. The minimum atomic E-state index is -0.589. The largest absolute Gasteiger partial charge is 0.368 e. The lowest BCUT2D eigenvalue weighted by molar-refractivity contribution is -0.118. The summed E-state index contributed by atoms with van der Waals surface area (Å²) in [7, 11) is 0. The van der Waals surface area contributed by atoms with Crippen molar-refractivity contribution in [3.63, 3.8) is 0 Å². The van der Waals surface area contributed by atoms with Crippen LogP contribution in [0.1, 0.15) is 17.4 Å². The summed E-state index contributed by atoms with van der Waals surface area (Å²) in [6.07, 6.45) is 0. The second-order valence-electron chi connectivity index (χ2n) is 3.21. The number of nitrogens with two attached hydrogens (primary N) is 1. The van der Waals surface area contributed by atoms with E-state index in [1.165, 1.54) is 23.1 Å². The highest BCUT2D eigenvalue weighted by Gasteiger charge is 2.16. The molecule has 0 saturated carbocycles. The monoisotopic (exact) mass is 223 g/mol. The molecule has 86 valence electrons. The van der Waals surface area contributed by atoms with Crippen molar-refractivity contribution in [1.82, 2.24) is 9.88 Å². The summed E-state index contributed by atoms with van der Waals surface area (Å²) >= 11 is 0. The number of likely N-dealkylation sites (N-methyl/N-ethyl adjacent to an activating group) is 1. The normalized spacial score (nSPS) is 9.81. The maximum Gasteiger partial charge on any atom is 0.270 e. The number of hydrogen-bond donors (Lipinski definition) is 2. The smallest absolute Gasteiger partial charge is 0.270 e. The van der Waals surface area contributed by atoms with Gasteiger partial charge in [0.05, 0.1) is 6.54 Å². The number of nitrogens with zero attached hydrogens (tertiary/aromatic N) is 1. The van der Waals surface area contributed by atoms with E-state index in [0.717, 1.165) is 0 Å². The molecule has 0 atom stereocenters. The molecule has 6 heteroatoms. The molecular weight excluding hydrogens is 210 g/mol. The summed E-state index contributed by atoms with van der Waals surface area (Å²) in [6, 6.07) is 4.26. The Morgan fingerprint density at radius 3 is 2.62 bits per heavy atom. The van der Waals surface area contributed by atoms with Crippen LogP contribution in [0.2, 0.25) is 0 Å². The van der Waals surface area contributed by atoms with Crippen LogP contribution in [0, 0.1) is 0 Å². The molecule has 16 heavy (non-hydrogen) atoms. The van der Waals surface area contributed by atoms with Gasteiger partial charge in [0.25, 0.3) is 5.91 Å². The number of carbonyl (C=O) groups excluding carboxylic acids is 2. The molecule has 0 fully saturated rings. The zero-order valence-corrected chi connectivity index (χ0v) is 8.90. The SMILES string of the molecule is CCN(CC(N)=O)C(=O)c1cccc(=O)[nH]1. The molecule has 1 rings (SSSR count). The number of H-pyrrole nitrogens is 1. The number of aromatic amines is 1. The fourth-order valence-electron chi connectivity index (χ4n) is 1.26. The van der Waals surface area contributed by atoms with Crippen LogP contribution in [-0.2, 0) is 4.79 Å². The third-order valence-corrected chi connectivity index (χ3v) is 2.01. The van der Waals surface area contributed by atoms with Crippen LogP contribution in [0.15, 0.2) is 23.0 Å². The predicted molar refractivity (Wildman–Crippen MR) is 57.8 cm³/mol. The van der Waals surface area contributed by atoms with Gasteiger partial charge in [-0.25, -0.2) is 0 Å². The molecule has 0 bridgehead atoms. The van der Waals surface area contributed by atoms with Crippen molar-refractivity contribution in [2.75, 3.05) is 13.1 Å². The highest BCUT2D eigenvalue weighted by molar-refractivity contribution is 5.94. The Kier molecular flexibility index (Phi) is 3.82. The third-order valence-electron chi connectivity index (χ3n) is 2.01. The molecular formula is C10H13N3O3. The molecule has 0 saturated heterocycles. The maximum atomic E-state index is 11.8. The number of hydrogen-bond acceptors (Lipinski definition) is 3. The van der Waals surface area contributed by atoms with Gasteiger partial charge in [0.1, 0.15) is 5.69 Å². The van der Waals surface area contributed by atoms with Gasteiger partial charge < -0.3 is 15.6 Å². The van der Waals surface area contributed by atoms with Crippen molar-refractivity contribution in [1.29, 1.82) is 0 Å². The Bertz CT molecular complexity index is 453. The van der Waals surface area contributed by atoms with Crippen LogP contribution in [0.3, 0.4) is 0 Å². The highest BCUT2D eigenvalue weighted by Crippen LogP contribution is 1.99. The van der Waals surface area contributed by atoms with Gasteiger partial charge in [0.15, 0.2) is 0 Å². The molecule has 1 aromatic heterocycles. The number of primary amides is 1. The fraction of sp³-hybridized carbons (Fsp3) is 0.300. The number of nitrogens with one attached hydrogen (secondary N) is 1. The molecule has 1 aromatic rings. The molecule has 0 radical (unpaired) electrons. The Morgan fingerprint density at radius 1 is 1.44 bits per heavy atom. The predicted octanol–water partition coefficient (Wildman–Crippen LogP) is -0.678. The Balaban J connectivity index is 2.91. The van der Waals surface area contributed by atoms with E-state index in [4.69, 9.17) is 5.73 Å². The van der Waals surface area contributed by atoms with Gasteiger partial charge in [-0.1, -0.05) is 6.07 Å². The summed E-state index contributed by atoms with van der Waals surface area (Å²) < 4.78 is 0. The van der Waals surface area contributed by atoms with Crippen molar-refractivity contribution in [2.24, 2.45) is 5.73 Å². The molecule has 2 amide bonds. The molecule has 0 aromatic carbocycles. The minimum Gasteiger partial charge on any atom is -0.368 e. The number of carbonyl (C=O) groups is 2. The first kappa shape index (κ1) is 12.0. The van der Waals surface area contributed by atoms with E-state index in [1.807, 2.05) is 0 Å². The quantitative estimate of drug-likeness (QED) is 0.708. The van der Waals surface area contributed by atoms with Crippen LogP contribution < -0.4 is 11.3 Å². The number of aromatic nitrogens is 1. The lowest BCUT2D eigenvalue weighted by Crippen LogP contribution is -2.39. The van der Waals surface area contributed by atoms with Crippen molar-refractivity contribution in [3.05, 3.63) is 34.2 Å². The van der Waals surface area contributed by atoms with Gasteiger partial charge in [-0.3, -0.25) is 14.4 Å². The second-order valence-corrected chi connectivity index (χ2v) is 3.21. The fourth-order valence-corrected chi connectivity index (χ4v) is 1.26. The number of amides is 2. The van der Waals surface area contributed by atoms with Gasteiger partial charge in [-0.2, -0.15) is 0 Å². The second kappa shape index (κ2) is 5.11. The minimum absolute atomic E-state index is 0.149. The van der Waals surface area contributed by atoms with Gasteiger partial charge in [-0.15, -0.1) is 0 Å². The first-order chi connectivity index (χ1) is 7.54. The topological polar surface area (TPSA) is 96.3 Å². The third kappa shape index (κ3) is 2.94. The van der Waals surface area contributed by atoms with Crippen molar-refractivity contribution < 1.29 is 9.59 Å². The first-order valence-electron chi connectivity index (χ1n) is 4.81. The first-order valence-corrected chi connectivity index (χ1v) is 4.81. The van der Waals surface area contributed by atoms with Gasteiger partial charge >= 0.3 is 0 Å². The van der Waals surface area contributed by atoms with E-state index < -0.39 is 11.8 Å². The standard InChI is InChI=1S/C10H13N3O3/c1-2-13(6-8(11)14)10(16)7-4-3-5-9(15)12-7/h3-5H,2,6H2,1H3,(H2,11,14)(H,12,15). The van der Waals surface area contributed by atoms with E-state index in [-0.39, 0.29) is 17.8 Å². The molecule has 0 spiro atoms. The van der Waals surface area contributed by atoms with Gasteiger partial charge in [-0.05, 0) is 13.0 Å². The summed E-state index contributed by atoms with van der Waals surface area (Å²) in [5.41, 5.74) is 4.80. The van der Waals surface area contributed by atoms with Crippen LogP contribution in [0.25, 0.3) is 0 Å². The summed E-state index contributed by atoms with van der Waals surface area (Å²) in [5, 5.41) is 0. The van der Waals surface area contributed by atoms with Crippen LogP contribution in [-0.4, -0.2) is 34.8 Å². The van der Waals surface area contributed by atoms with E-state index in [9.17, 15) is 14.4 Å².